The third-order valence-electron chi connectivity index (χ3n) is 5.93. The summed E-state index contributed by atoms with van der Waals surface area (Å²) in [5, 5.41) is 5.34. The van der Waals surface area contributed by atoms with Crippen LogP contribution in [0.15, 0.2) is 67.0 Å². The molecule has 6 heteroatoms. The number of para-hydroxylation sites is 2. The van der Waals surface area contributed by atoms with Crippen molar-refractivity contribution in [1.82, 2.24) is 24.4 Å². The fourth-order valence-corrected chi connectivity index (χ4v) is 4.34. The van der Waals surface area contributed by atoms with Gasteiger partial charge in [-0.15, -0.1) is 0 Å². The fourth-order valence-electron chi connectivity index (χ4n) is 4.34. The topological polar surface area (TPSA) is 64.7 Å². The van der Waals surface area contributed by atoms with Crippen LogP contribution in [0.1, 0.15) is 17.1 Å². The van der Waals surface area contributed by atoms with Crippen molar-refractivity contribution in [3.05, 3.63) is 84.1 Å². The van der Waals surface area contributed by atoms with Crippen LogP contribution in [-0.4, -0.2) is 25.0 Å². The van der Waals surface area contributed by atoms with Crippen molar-refractivity contribution in [2.75, 3.05) is 0 Å². The highest BCUT2D eigenvalue weighted by atomic mass is 16.1. The molecule has 0 atom stereocenters. The Kier molecular flexibility index (Phi) is 4.98. The molecule has 2 aromatic carbocycles. The van der Waals surface area contributed by atoms with Crippen LogP contribution in [0.25, 0.3) is 33.1 Å². The highest BCUT2D eigenvalue weighted by Gasteiger charge is 2.16. The summed E-state index contributed by atoms with van der Waals surface area (Å²) in [5.41, 5.74) is 6.08. The first-order chi connectivity index (χ1) is 15.5. The van der Waals surface area contributed by atoms with Gasteiger partial charge in [-0.2, -0.15) is 0 Å². The van der Waals surface area contributed by atoms with E-state index >= 15 is 0 Å². The summed E-state index contributed by atoms with van der Waals surface area (Å²) in [6, 6.07) is 18.5. The highest BCUT2D eigenvalue weighted by molar-refractivity contribution is 5.95. The van der Waals surface area contributed by atoms with Crippen molar-refractivity contribution in [2.24, 2.45) is 7.05 Å². The zero-order valence-corrected chi connectivity index (χ0v) is 18.5. The van der Waals surface area contributed by atoms with Crippen molar-refractivity contribution in [3.8, 4) is 11.3 Å². The van der Waals surface area contributed by atoms with Gasteiger partial charge in [-0.1, -0.05) is 36.4 Å². The molecule has 160 valence electrons. The van der Waals surface area contributed by atoms with Gasteiger partial charge in [0.15, 0.2) is 0 Å². The summed E-state index contributed by atoms with van der Waals surface area (Å²) in [4.78, 5) is 22.0. The van der Waals surface area contributed by atoms with Crippen LogP contribution < -0.4 is 5.32 Å². The second kappa shape index (κ2) is 7.96. The summed E-state index contributed by atoms with van der Waals surface area (Å²) >= 11 is 0. The average Bonchev–Trinajstić information content (AvgIpc) is 3.29. The molecule has 0 saturated carbocycles. The summed E-state index contributed by atoms with van der Waals surface area (Å²) < 4.78 is 4.15. The van der Waals surface area contributed by atoms with Gasteiger partial charge in [0, 0.05) is 59.2 Å². The molecule has 0 aliphatic heterocycles. The van der Waals surface area contributed by atoms with Gasteiger partial charge in [-0.05, 0) is 37.4 Å². The van der Waals surface area contributed by atoms with Crippen LogP contribution >= 0.6 is 0 Å². The zero-order chi connectivity index (χ0) is 22.2. The standard InChI is InChI=1S/C26H25N5O/c1-17-12-19-8-4-6-10-23(19)31(17)16-25(32)28-14-20-13-27-18(2)29-26(20)22-15-30(3)24-11-7-5-9-21(22)24/h4-13,15H,14,16H2,1-3H3,(H,28,32). The quantitative estimate of drug-likeness (QED) is 0.452. The third kappa shape index (κ3) is 3.54. The minimum Gasteiger partial charge on any atom is -0.350 e. The van der Waals surface area contributed by atoms with Crippen LogP contribution in [0.3, 0.4) is 0 Å². The number of fused-ring (bicyclic) bond motifs is 2. The Morgan fingerprint density at radius 1 is 1.03 bits per heavy atom. The molecule has 0 aliphatic carbocycles. The van der Waals surface area contributed by atoms with Crippen molar-refractivity contribution in [3.63, 3.8) is 0 Å². The van der Waals surface area contributed by atoms with E-state index in [9.17, 15) is 4.79 Å². The molecule has 0 saturated heterocycles. The molecule has 1 N–H and O–H groups in total. The molecule has 3 aromatic heterocycles. The van der Waals surface area contributed by atoms with Crippen molar-refractivity contribution >= 4 is 27.7 Å². The van der Waals surface area contributed by atoms with Gasteiger partial charge in [-0.3, -0.25) is 4.79 Å². The van der Waals surface area contributed by atoms with E-state index in [1.807, 2.05) is 62.0 Å². The number of aryl methyl sites for hydroxylation is 3. The molecule has 0 fully saturated rings. The lowest BCUT2D eigenvalue weighted by Crippen LogP contribution is -2.27. The number of rotatable bonds is 5. The minimum atomic E-state index is -0.0427. The highest BCUT2D eigenvalue weighted by Crippen LogP contribution is 2.31. The van der Waals surface area contributed by atoms with Gasteiger partial charge in [0.05, 0.1) is 5.69 Å². The SMILES string of the molecule is Cc1ncc(CNC(=O)Cn2c(C)cc3ccccc32)c(-c2cn(C)c3ccccc23)n1. The number of hydrogen-bond acceptors (Lipinski definition) is 3. The number of carbonyl (C=O) groups is 1. The molecule has 0 radical (unpaired) electrons. The Morgan fingerprint density at radius 2 is 1.78 bits per heavy atom. The molecule has 6 nitrogen and oxygen atoms in total. The third-order valence-corrected chi connectivity index (χ3v) is 5.93. The van der Waals surface area contributed by atoms with E-state index < -0.39 is 0 Å². The van der Waals surface area contributed by atoms with E-state index in [2.05, 4.69) is 45.3 Å². The van der Waals surface area contributed by atoms with Crippen LogP contribution in [0.5, 0.6) is 0 Å². The molecule has 32 heavy (non-hydrogen) atoms. The van der Waals surface area contributed by atoms with Crippen LogP contribution in [0.2, 0.25) is 0 Å². The van der Waals surface area contributed by atoms with Gasteiger partial charge in [-0.25, -0.2) is 9.97 Å². The number of carbonyl (C=O) groups excluding carboxylic acids is 1. The summed E-state index contributed by atoms with van der Waals surface area (Å²) in [6.45, 7) is 4.56. The first-order valence-corrected chi connectivity index (χ1v) is 10.7. The van der Waals surface area contributed by atoms with Gasteiger partial charge in [0.2, 0.25) is 5.91 Å². The number of nitrogens with zero attached hydrogens (tertiary/aromatic N) is 4. The van der Waals surface area contributed by atoms with Crippen LogP contribution in [0, 0.1) is 13.8 Å². The average molecular weight is 424 g/mol. The Morgan fingerprint density at radius 3 is 2.62 bits per heavy atom. The molecular weight excluding hydrogens is 398 g/mol. The lowest BCUT2D eigenvalue weighted by atomic mass is 10.1. The molecule has 0 bridgehead atoms. The van der Waals surface area contributed by atoms with Crippen molar-refractivity contribution in [2.45, 2.75) is 26.9 Å². The maximum absolute atomic E-state index is 12.8. The van der Waals surface area contributed by atoms with Crippen molar-refractivity contribution < 1.29 is 4.79 Å². The van der Waals surface area contributed by atoms with Gasteiger partial charge >= 0.3 is 0 Å². The molecule has 0 aliphatic rings. The minimum absolute atomic E-state index is 0.0427. The Bertz CT molecular complexity index is 1460. The Balaban J connectivity index is 1.41. The largest absolute Gasteiger partial charge is 0.350 e. The second-order valence-electron chi connectivity index (χ2n) is 8.17. The molecule has 3 heterocycles. The normalized spacial score (nSPS) is 11.3. The summed E-state index contributed by atoms with van der Waals surface area (Å²) in [6.07, 6.45) is 3.91. The molecule has 5 aromatic rings. The predicted molar refractivity (Wildman–Crippen MR) is 127 cm³/mol. The Hall–Kier alpha value is -3.93. The van der Waals surface area contributed by atoms with E-state index in [1.165, 1.54) is 0 Å². The molecule has 0 spiro atoms. The predicted octanol–water partition coefficient (Wildman–Crippen LogP) is 4.52. The van der Waals surface area contributed by atoms with E-state index in [1.54, 1.807) is 0 Å². The van der Waals surface area contributed by atoms with Crippen LogP contribution in [0.4, 0.5) is 0 Å². The first kappa shape index (κ1) is 20.0. The second-order valence-corrected chi connectivity index (χ2v) is 8.17. The van der Waals surface area contributed by atoms with E-state index in [-0.39, 0.29) is 12.5 Å². The molecule has 5 rings (SSSR count). The van der Waals surface area contributed by atoms with Crippen LogP contribution in [-0.2, 0) is 24.9 Å². The number of aromatic nitrogens is 4. The van der Waals surface area contributed by atoms with E-state index in [0.29, 0.717) is 12.4 Å². The van der Waals surface area contributed by atoms with Crippen molar-refractivity contribution in [1.29, 1.82) is 0 Å². The maximum atomic E-state index is 12.8. The number of benzene rings is 2. The lowest BCUT2D eigenvalue weighted by molar-refractivity contribution is -0.121. The fraction of sp³-hybridized carbons (Fsp3) is 0.192. The molecule has 0 unspecified atom stereocenters. The van der Waals surface area contributed by atoms with Gasteiger partial charge < -0.3 is 14.5 Å². The summed E-state index contributed by atoms with van der Waals surface area (Å²) in [5.74, 6) is 0.663. The molecular formula is C26H25N5O. The molecule has 1 amide bonds. The number of amides is 1. The first-order valence-electron chi connectivity index (χ1n) is 10.7. The Labute approximate surface area is 186 Å². The number of hydrogen-bond donors (Lipinski definition) is 1. The zero-order valence-electron chi connectivity index (χ0n) is 18.5. The van der Waals surface area contributed by atoms with Gasteiger partial charge in [0.25, 0.3) is 0 Å². The monoisotopic (exact) mass is 423 g/mol. The van der Waals surface area contributed by atoms with Gasteiger partial charge in [0.1, 0.15) is 12.4 Å². The maximum Gasteiger partial charge on any atom is 0.240 e. The lowest BCUT2D eigenvalue weighted by Gasteiger charge is -2.12. The van der Waals surface area contributed by atoms with E-state index in [0.717, 1.165) is 44.3 Å². The van der Waals surface area contributed by atoms with E-state index in [4.69, 9.17) is 4.98 Å². The smallest absolute Gasteiger partial charge is 0.240 e. The number of nitrogens with one attached hydrogen (secondary N) is 1. The summed E-state index contributed by atoms with van der Waals surface area (Å²) in [7, 11) is 2.03.